The lowest BCUT2D eigenvalue weighted by Gasteiger charge is -2.41. The standard InChI is InChI=1S/C55H74N8O13/c1-9-33(4)47(60(6)53(68)46(32(2)3)59-52(67)48-37-19-22-40(29-37)62(48)55(70)71)44(74-7)30-45(64)61-27-13-16-43(61)49(75-8)34(5)50(65)58-42(28-35-14-11-10-12-15-35)51(66)57-38-20-17-36(18-21-38)31-56-54(69)76-41-25-23-39(24-26-41)63(72)73/h10-12,14-15,17-18,20-21,23-26,32-34,37,40,42-44,46-49H,9,13,16,19,22,27-31H2,1-8H3,(H,56,69)(H,57,66)(H,58,65)(H,59,67)(H,70,71)/t33-,34+,37?,40?,42-,43-,44-,46-,47-,48?,49+/m0/s1. The number of amides is 7. The largest absolute Gasteiger partial charge is 0.465 e. The molecule has 3 aliphatic rings. The number of anilines is 1. The molecule has 11 atom stereocenters. The van der Waals surface area contributed by atoms with Crippen molar-refractivity contribution in [3.05, 3.63) is 100 Å². The van der Waals surface area contributed by atoms with Gasteiger partial charge in [0.25, 0.3) is 5.69 Å². The Balaban J connectivity index is 1.09. The lowest BCUT2D eigenvalue weighted by Crippen LogP contribution is -2.60. The predicted octanol–water partition coefficient (Wildman–Crippen LogP) is 6.14. The normalized spacial score (nSPS) is 20.6. The number of piperidine rings is 1. The number of likely N-dealkylation sites (N-methyl/N-ethyl adjacent to an activating group) is 1. The molecule has 2 saturated heterocycles. The second-order valence-electron chi connectivity index (χ2n) is 20.6. The first-order valence-electron chi connectivity index (χ1n) is 26.1. The number of hydrogen-bond donors (Lipinski definition) is 5. The highest BCUT2D eigenvalue weighted by atomic mass is 16.6. The molecule has 0 aromatic heterocycles. The average molecular weight is 1060 g/mol. The third-order valence-corrected chi connectivity index (χ3v) is 15.4. The van der Waals surface area contributed by atoms with Gasteiger partial charge < -0.3 is 50.4 Å². The first kappa shape index (κ1) is 58.1. The fourth-order valence-electron chi connectivity index (χ4n) is 11.1. The number of nitrogens with zero attached hydrogens (tertiary/aromatic N) is 4. The van der Waals surface area contributed by atoms with Gasteiger partial charge in [-0.25, -0.2) is 9.59 Å². The van der Waals surface area contributed by atoms with E-state index >= 15 is 0 Å². The van der Waals surface area contributed by atoms with Crippen LogP contribution in [0, 0.1) is 33.8 Å². The summed E-state index contributed by atoms with van der Waals surface area (Å²) in [4.78, 5) is 111. The maximum absolute atomic E-state index is 14.5. The van der Waals surface area contributed by atoms with Crippen LogP contribution >= 0.6 is 0 Å². The molecule has 3 unspecified atom stereocenters. The molecule has 1 saturated carbocycles. The number of hydrogen-bond acceptors (Lipinski definition) is 12. The number of rotatable bonds is 24. The van der Waals surface area contributed by atoms with E-state index in [-0.39, 0.29) is 66.4 Å². The van der Waals surface area contributed by atoms with Crippen molar-refractivity contribution < 1.29 is 57.8 Å². The predicted molar refractivity (Wildman–Crippen MR) is 281 cm³/mol. The van der Waals surface area contributed by atoms with Crippen molar-refractivity contribution in [2.75, 3.05) is 33.1 Å². The van der Waals surface area contributed by atoms with Crippen LogP contribution in [0.3, 0.4) is 0 Å². The molecule has 21 nitrogen and oxygen atoms in total. The van der Waals surface area contributed by atoms with Gasteiger partial charge in [-0.1, -0.05) is 83.5 Å². The van der Waals surface area contributed by atoms with E-state index in [0.717, 1.165) is 12.0 Å². The molecule has 2 aliphatic heterocycles. The number of nitrogens with one attached hydrogen (secondary N) is 4. The van der Waals surface area contributed by atoms with E-state index in [2.05, 4.69) is 21.3 Å². The van der Waals surface area contributed by atoms with Crippen LogP contribution in [0.4, 0.5) is 21.0 Å². The number of ether oxygens (including phenoxy) is 3. The van der Waals surface area contributed by atoms with E-state index in [1.165, 1.54) is 43.4 Å². The molecule has 0 radical (unpaired) electrons. The zero-order chi connectivity index (χ0) is 55.4. The van der Waals surface area contributed by atoms with Crippen LogP contribution in [-0.2, 0) is 46.4 Å². The maximum atomic E-state index is 14.5. The number of benzene rings is 3. The number of non-ortho nitro benzene ring substituents is 1. The van der Waals surface area contributed by atoms with Crippen molar-refractivity contribution in [3.8, 4) is 5.75 Å². The maximum Gasteiger partial charge on any atom is 0.412 e. The number of fused-ring (bicyclic) bond motifs is 2. The SMILES string of the molecule is CC[C@H](C)[C@@H]([C@H](CC(=O)N1CCC[C@H]1[C@H](OC)[C@@H](C)C(=O)N[C@@H](Cc1ccccc1)C(=O)Nc1ccc(CNC(=O)Oc2ccc([N+](=O)[O-])cc2)cc1)OC)N(C)C(=O)[C@@H](NC(=O)C1C2CCC(C2)N1C(=O)O)C(C)C. The molecule has 3 fully saturated rings. The van der Waals surface area contributed by atoms with Crippen LogP contribution in [0.2, 0.25) is 0 Å². The Morgan fingerprint density at radius 3 is 2.14 bits per heavy atom. The molecule has 2 bridgehead atoms. The van der Waals surface area contributed by atoms with Crippen LogP contribution in [0.25, 0.3) is 0 Å². The molecule has 0 spiro atoms. The number of carboxylic acid groups (broad SMARTS) is 1. The van der Waals surface area contributed by atoms with E-state index in [9.17, 15) is 48.8 Å². The highest BCUT2D eigenvalue weighted by Gasteiger charge is 2.52. The molecular formula is C55H74N8O13. The quantitative estimate of drug-likeness (QED) is 0.0499. The van der Waals surface area contributed by atoms with Crippen LogP contribution < -0.4 is 26.0 Å². The third-order valence-electron chi connectivity index (χ3n) is 15.4. The lowest BCUT2D eigenvalue weighted by molar-refractivity contribution is -0.384. The van der Waals surface area contributed by atoms with Gasteiger partial charge in [0.2, 0.25) is 29.5 Å². The summed E-state index contributed by atoms with van der Waals surface area (Å²) in [5.74, 6) is -3.34. The van der Waals surface area contributed by atoms with Gasteiger partial charge >= 0.3 is 12.2 Å². The summed E-state index contributed by atoms with van der Waals surface area (Å²) < 4.78 is 17.3. The third kappa shape index (κ3) is 14.2. The monoisotopic (exact) mass is 1050 g/mol. The molecule has 6 rings (SSSR count). The zero-order valence-corrected chi connectivity index (χ0v) is 44.6. The average Bonchev–Trinajstić information content (AvgIpc) is 4.18. The highest BCUT2D eigenvalue weighted by Crippen LogP contribution is 2.42. The minimum absolute atomic E-state index is 0.0833. The summed E-state index contributed by atoms with van der Waals surface area (Å²) in [6.45, 7) is 9.79. The minimum Gasteiger partial charge on any atom is -0.465 e. The number of methoxy groups -OCH3 is 2. The van der Waals surface area contributed by atoms with Crippen molar-refractivity contribution in [2.45, 2.75) is 141 Å². The molecule has 3 aromatic rings. The van der Waals surface area contributed by atoms with Crippen LogP contribution in [0.5, 0.6) is 5.75 Å². The lowest BCUT2D eigenvalue weighted by atomic mass is 9.89. The summed E-state index contributed by atoms with van der Waals surface area (Å²) in [5, 5.41) is 32.3. The summed E-state index contributed by atoms with van der Waals surface area (Å²) in [6.07, 6.45) is 0.535. The first-order valence-corrected chi connectivity index (χ1v) is 26.1. The van der Waals surface area contributed by atoms with Crippen LogP contribution in [-0.4, -0.2) is 143 Å². The van der Waals surface area contributed by atoms with E-state index in [1.807, 2.05) is 58.0 Å². The molecule has 21 heteroatoms. The Bertz CT molecular complexity index is 2510. The van der Waals surface area contributed by atoms with Gasteiger partial charge in [0.15, 0.2) is 0 Å². The highest BCUT2D eigenvalue weighted by molar-refractivity contribution is 5.98. The number of carbonyl (C=O) groups excluding carboxylic acids is 6. The summed E-state index contributed by atoms with van der Waals surface area (Å²) >= 11 is 0. The Labute approximate surface area is 443 Å². The van der Waals surface area contributed by atoms with Gasteiger partial charge in [0, 0.05) is 64.6 Å². The molecular weight excluding hydrogens is 981 g/mol. The Morgan fingerprint density at radius 2 is 1.54 bits per heavy atom. The molecule has 1 aliphatic carbocycles. The Kier molecular flexibility index (Phi) is 20.3. The summed E-state index contributed by atoms with van der Waals surface area (Å²) in [7, 11) is 4.64. The molecule has 5 N–H and O–H groups in total. The molecule has 7 amide bonds. The molecule has 2 heterocycles. The van der Waals surface area contributed by atoms with E-state index in [1.54, 1.807) is 48.0 Å². The second kappa shape index (κ2) is 26.6. The zero-order valence-electron chi connectivity index (χ0n) is 44.6. The fourth-order valence-corrected chi connectivity index (χ4v) is 11.1. The molecule has 3 aromatic carbocycles. The Morgan fingerprint density at radius 1 is 0.855 bits per heavy atom. The van der Waals surface area contributed by atoms with Crippen LogP contribution in [0.1, 0.15) is 90.7 Å². The number of likely N-dealkylation sites (tertiary alicyclic amines) is 2. The van der Waals surface area contributed by atoms with E-state index < -0.39 is 83.2 Å². The van der Waals surface area contributed by atoms with E-state index in [0.29, 0.717) is 49.9 Å². The van der Waals surface area contributed by atoms with Crippen molar-refractivity contribution in [1.29, 1.82) is 0 Å². The van der Waals surface area contributed by atoms with E-state index in [4.69, 9.17) is 14.2 Å². The minimum atomic E-state index is -1.15. The Hall–Kier alpha value is -7.13. The molecule has 76 heavy (non-hydrogen) atoms. The second-order valence-corrected chi connectivity index (χ2v) is 20.6. The fraction of sp³-hybridized carbons (Fsp3) is 0.545. The van der Waals surface area contributed by atoms with Crippen molar-refractivity contribution >= 4 is 53.1 Å². The van der Waals surface area contributed by atoms with Crippen molar-refractivity contribution in [1.82, 2.24) is 30.7 Å². The van der Waals surface area contributed by atoms with Gasteiger partial charge in [-0.3, -0.25) is 39.0 Å². The van der Waals surface area contributed by atoms with Gasteiger partial charge in [-0.05, 0) is 85.3 Å². The summed E-state index contributed by atoms with van der Waals surface area (Å²) in [5.41, 5.74) is 1.78. The molecule has 412 valence electrons. The van der Waals surface area contributed by atoms with Gasteiger partial charge in [-0.2, -0.15) is 0 Å². The van der Waals surface area contributed by atoms with Gasteiger partial charge in [0.1, 0.15) is 23.9 Å². The number of carbonyl (C=O) groups is 7. The number of nitro groups is 1. The van der Waals surface area contributed by atoms with Gasteiger partial charge in [0.05, 0.1) is 41.6 Å². The topological polar surface area (TPSA) is 268 Å². The van der Waals surface area contributed by atoms with Crippen molar-refractivity contribution in [3.63, 3.8) is 0 Å². The summed E-state index contributed by atoms with van der Waals surface area (Å²) in [6, 6.07) is 16.9. The van der Waals surface area contributed by atoms with Crippen LogP contribution in [0.15, 0.2) is 78.9 Å². The smallest absolute Gasteiger partial charge is 0.412 e. The number of nitro benzene ring substituents is 1. The first-order chi connectivity index (χ1) is 36.3. The van der Waals surface area contributed by atoms with Gasteiger partial charge in [-0.15, -0.1) is 0 Å². The van der Waals surface area contributed by atoms with Crippen molar-refractivity contribution in [2.24, 2.45) is 23.7 Å².